The van der Waals surface area contributed by atoms with Gasteiger partial charge in [0.1, 0.15) is 13.1 Å². The Kier molecular flexibility index (Phi) is 6.14. The van der Waals surface area contributed by atoms with Gasteiger partial charge in [0, 0.05) is 5.56 Å². The van der Waals surface area contributed by atoms with E-state index in [4.69, 9.17) is 28.3 Å². The van der Waals surface area contributed by atoms with Crippen molar-refractivity contribution >= 4 is 23.2 Å². The van der Waals surface area contributed by atoms with Crippen LogP contribution in [0.2, 0.25) is 10.0 Å². The molecule has 1 rings (SSSR count). The summed E-state index contributed by atoms with van der Waals surface area (Å²) in [6, 6.07) is 5.69. The van der Waals surface area contributed by atoms with Gasteiger partial charge in [0.15, 0.2) is 0 Å². The van der Waals surface area contributed by atoms with Crippen LogP contribution in [0.15, 0.2) is 18.2 Å². The van der Waals surface area contributed by atoms with Crippen LogP contribution in [0.25, 0.3) is 0 Å². The number of hydrogen-bond donors (Lipinski definition) is 2. The van der Waals surface area contributed by atoms with E-state index in [2.05, 4.69) is 6.92 Å². The first kappa shape index (κ1) is 13.8. The predicted molar refractivity (Wildman–Crippen MR) is 68.2 cm³/mol. The maximum atomic E-state index is 8.99. The van der Waals surface area contributed by atoms with Crippen molar-refractivity contribution in [3.05, 3.63) is 33.8 Å². The molecule has 4 heteroatoms. The smallest absolute Gasteiger partial charge is 0.104 e. The molecule has 1 aromatic rings. The van der Waals surface area contributed by atoms with E-state index < -0.39 is 0 Å². The van der Waals surface area contributed by atoms with Crippen molar-refractivity contribution in [1.29, 1.82) is 0 Å². The molecule has 2 nitrogen and oxygen atoms in total. The number of hydrogen-bond acceptors (Lipinski definition) is 1. The number of aliphatic hydroxyl groups is 1. The lowest BCUT2D eigenvalue weighted by molar-refractivity contribution is -0.914. The van der Waals surface area contributed by atoms with E-state index in [1.165, 1.54) is 4.90 Å². The number of nitrogens with one attached hydrogen (secondary N) is 1. The molecule has 0 bridgehead atoms. The predicted octanol–water partition coefficient (Wildman–Crippen LogP) is 1.78. The molecule has 0 spiro atoms. The van der Waals surface area contributed by atoms with Gasteiger partial charge in [-0.3, -0.25) is 0 Å². The summed E-state index contributed by atoms with van der Waals surface area (Å²) < 4.78 is 0. The zero-order chi connectivity index (χ0) is 12.0. The van der Waals surface area contributed by atoms with Crippen molar-refractivity contribution in [3.8, 4) is 0 Å². The van der Waals surface area contributed by atoms with Gasteiger partial charge in [-0.2, -0.15) is 0 Å². The van der Waals surface area contributed by atoms with E-state index >= 15 is 0 Å². The van der Waals surface area contributed by atoms with Gasteiger partial charge >= 0.3 is 0 Å². The van der Waals surface area contributed by atoms with Gasteiger partial charge in [-0.15, -0.1) is 0 Å². The van der Waals surface area contributed by atoms with Crippen molar-refractivity contribution in [3.63, 3.8) is 0 Å². The molecule has 0 aromatic heterocycles. The fraction of sp³-hybridized carbons (Fsp3) is 0.500. The number of halogens is 2. The topological polar surface area (TPSA) is 24.7 Å². The fourth-order valence-electron chi connectivity index (χ4n) is 1.77. The van der Waals surface area contributed by atoms with Crippen molar-refractivity contribution in [1.82, 2.24) is 0 Å². The van der Waals surface area contributed by atoms with E-state index in [1.807, 2.05) is 12.1 Å². The van der Waals surface area contributed by atoms with Crippen LogP contribution in [0.4, 0.5) is 0 Å². The number of rotatable bonds is 6. The quantitative estimate of drug-likeness (QED) is 0.803. The molecule has 0 saturated heterocycles. The highest BCUT2D eigenvalue weighted by molar-refractivity contribution is 6.42. The molecule has 0 radical (unpaired) electrons. The van der Waals surface area contributed by atoms with Gasteiger partial charge < -0.3 is 10.0 Å². The Labute approximate surface area is 107 Å². The zero-order valence-corrected chi connectivity index (χ0v) is 11.0. The van der Waals surface area contributed by atoms with Crippen LogP contribution in [-0.4, -0.2) is 24.8 Å². The van der Waals surface area contributed by atoms with Gasteiger partial charge in [0.05, 0.1) is 23.2 Å². The maximum absolute atomic E-state index is 8.99. The third kappa shape index (κ3) is 3.95. The Bertz CT molecular complexity index is 325. The van der Waals surface area contributed by atoms with E-state index in [-0.39, 0.29) is 6.61 Å². The third-order valence-electron chi connectivity index (χ3n) is 2.54. The highest BCUT2D eigenvalue weighted by Crippen LogP contribution is 2.24. The largest absolute Gasteiger partial charge is 0.391 e. The molecule has 0 heterocycles. The summed E-state index contributed by atoms with van der Waals surface area (Å²) in [7, 11) is 0. The van der Waals surface area contributed by atoms with Crippen LogP contribution >= 0.6 is 23.2 Å². The average molecular weight is 263 g/mol. The van der Waals surface area contributed by atoms with Crippen LogP contribution in [0, 0.1) is 0 Å². The summed E-state index contributed by atoms with van der Waals surface area (Å²) in [5.74, 6) is 0. The molecule has 0 aliphatic rings. The number of quaternary nitrogens is 1. The second-order valence-corrected chi connectivity index (χ2v) is 4.65. The summed E-state index contributed by atoms with van der Waals surface area (Å²) in [5.41, 5.74) is 1.05. The first-order chi connectivity index (χ1) is 7.69. The lowest BCUT2D eigenvalue weighted by Crippen LogP contribution is -3.11. The highest BCUT2D eigenvalue weighted by atomic mass is 35.5. The molecule has 1 unspecified atom stereocenters. The summed E-state index contributed by atoms with van der Waals surface area (Å²) in [6.45, 7) is 4.93. The molecule has 16 heavy (non-hydrogen) atoms. The zero-order valence-electron chi connectivity index (χ0n) is 9.47. The van der Waals surface area contributed by atoms with Crippen LogP contribution in [-0.2, 0) is 6.54 Å². The Balaban J connectivity index is 2.72. The lowest BCUT2D eigenvalue weighted by Gasteiger charge is -2.18. The monoisotopic (exact) mass is 262 g/mol. The normalized spacial score (nSPS) is 12.8. The van der Waals surface area contributed by atoms with Crippen LogP contribution in [0.1, 0.15) is 18.9 Å². The highest BCUT2D eigenvalue weighted by Gasteiger charge is 2.11. The van der Waals surface area contributed by atoms with E-state index in [0.717, 1.165) is 31.6 Å². The Morgan fingerprint density at radius 3 is 2.62 bits per heavy atom. The molecule has 0 aliphatic carbocycles. The molecule has 90 valence electrons. The fourth-order valence-corrected chi connectivity index (χ4v) is 2.15. The maximum Gasteiger partial charge on any atom is 0.104 e. The first-order valence-electron chi connectivity index (χ1n) is 5.56. The standard InChI is InChI=1S/C12H17Cl2NO/c1-2-6-15(7-8-16)9-10-4-3-5-11(13)12(10)14/h3-5,16H,2,6-9H2,1H3/p+1. The molecular weight excluding hydrogens is 245 g/mol. The first-order valence-corrected chi connectivity index (χ1v) is 6.32. The molecule has 0 saturated carbocycles. The SMILES string of the molecule is CCC[NH+](CCO)Cc1cccc(Cl)c1Cl. The van der Waals surface area contributed by atoms with E-state index in [0.29, 0.717) is 10.0 Å². The average Bonchev–Trinajstić information content (AvgIpc) is 2.25. The van der Waals surface area contributed by atoms with Crippen molar-refractivity contribution in [2.24, 2.45) is 0 Å². The van der Waals surface area contributed by atoms with E-state index in [1.54, 1.807) is 6.07 Å². The molecule has 2 N–H and O–H groups in total. The minimum Gasteiger partial charge on any atom is -0.391 e. The summed E-state index contributed by atoms with van der Waals surface area (Å²) in [5, 5.41) is 10.2. The van der Waals surface area contributed by atoms with Crippen molar-refractivity contribution < 1.29 is 10.0 Å². The Hall–Kier alpha value is -0.280. The minimum atomic E-state index is 0.202. The number of aliphatic hydroxyl groups excluding tert-OH is 1. The van der Waals surface area contributed by atoms with Crippen molar-refractivity contribution in [2.45, 2.75) is 19.9 Å². The minimum absolute atomic E-state index is 0.202. The van der Waals surface area contributed by atoms with Gasteiger partial charge in [0.25, 0.3) is 0 Å². The lowest BCUT2D eigenvalue weighted by atomic mass is 10.2. The molecule has 1 aromatic carbocycles. The van der Waals surface area contributed by atoms with Crippen LogP contribution < -0.4 is 4.90 Å². The summed E-state index contributed by atoms with van der Waals surface area (Å²) in [6.07, 6.45) is 1.09. The molecular formula is C12H18Cl2NO+. The van der Waals surface area contributed by atoms with Gasteiger partial charge in [0.2, 0.25) is 0 Å². The molecule has 0 amide bonds. The molecule has 1 atom stereocenters. The van der Waals surface area contributed by atoms with Gasteiger partial charge in [-0.25, -0.2) is 0 Å². The second-order valence-electron chi connectivity index (χ2n) is 3.86. The van der Waals surface area contributed by atoms with Gasteiger partial charge in [-0.1, -0.05) is 42.3 Å². The molecule has 0 fully saturated rings. The van der Waals surface area contributed by atoms with Crippen LogP contribution in [0.3, 0.4) is 0 Å². The molecule has 0 aliphatic heterocycles. The summed E-state index contributed by atoms with van der Waals surface area (Å²) >= 11 is 12.1. The second kappa shape index (κ2) is 7.13. The third-order valence-corrected chi connectivity index (χ3v) is 3.40. The Morgan fingerprint density at radius 1 is 1.25 bits per heavy atom. The summed E-state index contributed by atoms with van der Waals surface area (Å²) in [4.78, 5) is 1.33. The van der Waals surface area contributed by atoms with Gasteiger partial charge in [-0.05, 0) is 12.5 Å². The van der Waals surface area contributed by atoms with Crippen molar-refractivity contribution in [2.75, 3.05) is 19.7 Å². The number of benzene rings is 1. The Morgan fingerprint density at radius 2 is 2.00 bits per heavy atom. The van der Waals surface area contributed by atoms with Crippen LogP contribution in [0.5, 0.6) is 0 Å². The van der Waals surface area contributed by atoms with E-state index in [9.17, 15) is 0 Å².